The minimum absolute atomic E-state index is 0.516. The molecule has 1 N–H and O–H groups in total. The summed E-state index contributed by atoms with van der Waals surface area (Å²) in [5.74, 6) is -1.55. The van der Waals surface area contributed by atoms with Crippen LogP contribution in [0.4, 0.5) is 0 Å². The lowest BCUT2D eigenvalue weighted by Crippen LogP contribution is -2.09. The summed E-state index contributed by atoms with van der Waals surface area (Å²) in [5.41, 5.74) is -0.325. The van der Waals surface area contributed by atoms with Gasteiger partial charge in [0.15, 0.2) is 0 Å². The van der Waals surface area contributed by atoms with Crippen LogP contribution in [0.15, 0.2) is 48.2 Å². The van der Waals surface area contributed by atoms with E-state index >= 15 is 0 Å². The molecule has 2 rings (SSSR count). The Morgan fingerprint density at radius 1 is 1.17 bits per heavy atom. The first-order valence-electron chi connectivity index (χ1n) is 5.17. The average Bonchev–Trinajstić information content (AvgIpc) is 2.35. The van der Waals surface area contributed by atoms with Gasteiger partial charge in [-0.25, -0.2) is 4.79 Å². The highest BCUT2D eigenvalue weighted by atomic mass is 16.6. The van der Waals surface area contributed by atoms with E-state index in [0.29, 0.717) is 5.56 Å². The van der Waals surface area contributed by atoms with Gasteiger partial charge in [0.1, 0.15) is 0 Å². The molecule has 5 heteroatoms. The number of benzene rings is 2. The largest absolute Gasteiger partial charge is 0.473 e. The van der Waals surface area contributed by atoms with Crippen molar-refractivity contribution in [2.45, 2.75) is 0 Å². The van der Waals surface area contributed by atoms with Crippen LogP contribution < -0.4 is 0 Å². The van der Waals surface area contributed by atoms with Gasteiger partial charge in [-0.15, -0.1) is 0 Å². The van der Waals surface area contributed by atoms with Gasteiger partial charge < -0.3 is 5.11 Å². The molecule has 0 aliphatic rings. The van der Waals surface area contributed by atoms with Crippen LogP contribution in [0.1, 0.15) is 5.56 Å². The summed E-state index contributed by atoms with van der Waals surface area (Å²) in [6.07, 6.45) is 1.07. The Morgan fingerprint density at radius 2 is 1.83 bits per heavy atom. The van der Waals surface area contributed by atoms with E-state index in [1.807, 2.05) is 18.2 Å². The standard InChI is InChI=1S/C13H9NO4/c15-13(16)12(14(17)18)8-10-6-3-5-9-4-1-2-7-11(9)10/h1-8H,(H,15,16). The van der Waals surface area contributed by atoms with Crippen LogP contribution in [-0.4, -0.2) is 16.0 Å². The third-order valence-corrected chi connectivity index (χ3v) is 2.53. The van der Waals surface area contributed by atoms with Crippen molar-refractivity contribution >= 4 is 22.8 Å². The number of hydrogen-bond donors (Lipinski definition) is 1. The van der Waals surface area contributed by atoms with Gasteiger partial charge in [0.05, 0.1) is 4.92 Å². The molecule has 0 spiro atoms. The first-order chi connectivity index (χ1) is 8.59. The summed E-state index contributed by atoms with van der Waals surface area (Å²) in [7, 11) is 0. The monoisotopic (exact) mass is 243 g/mol. The summed E-state index contributed by atoms with van der Waals surface area (Å²) in [5, 5.41) is 21.1. The summed E-state index contributed by atoms with van der Waals surface area (Å²) in [6, 6.07) is 12.5. The number of carbonyl (C=O) groups is 1. The summed E-state index contributed by atoms with van der Waals surface area (Å²) in [6.45, 7) is 0. The molecule has 0 bridgehead atoms. The van der Waals surface area contributed by atoms with E-state index in [9.17, 15) is 14.9 Å². The summed E-state index contributed by atoms with van der Waals surface area (Å²) >= 11 is 0. The van der Waals surface area contributed by atoms with Crippen LogP contribution >= 0.6 is 0 Å². The molecule has 0 amide bonds. The third kappa shape index (κ3) is 2.20. The van der Waals surface area contributed by atoms with Crippen molar-refractivity contribution in [1.82, 2.24) is 0 Å². The predicted molar refractivity (Wildman–Crippen MR) is 66.6 cm³/mol. The molecule has 0 aromatic heterocycles. The van der Waals surface area contributed by atoms with Crippen LogP contribution in [0, 0.1) is 10.1 Å². The fourth-order valence-electron chi connectivity index (χ4n) is 1.72. The minimum Gasteiger partial charge on any atom is -0.473 e. The third-order valence-electron chi connectivity index (χ3n) is 2.53. The second-order valence-electron chi connectivity index (χ2n) is 3.66. The molecule has 0 radical (unpaired) electrons. The van der Waals surface area contributed by atoms with Crippen LogP contribution in [0.2, 0.25) is 0 Å². The summed E-state index contributed by atoms with van der Waals surface area (Å²) in [4.78, 5) is 20.5. The Balaban J connectivity index is 2.64. The van der Waals surface area contributed by atoms with Crippen LogP contribution in [0.25, 0.3) is 16.8 Å². The van der Waals surface area contributed by atoms with Gasteiger partial charge in [-0.2, -0.15) is 0 Å². The van der Waals surface area contributed by atoms with Crippen molar-refractivity contribution in [3.05, 3.63) is 63.8 Å². The first-order valence-corrected chi connectivity index (χ1v) is 5.17. The van der Waals surface area contributed by atoms with E-state index in [1.165, 1.54) is 0 Å². The molecule has 18 heavy (non-hydrogen) atoms. The van der Waals surface area contributed by atoms with E-state index in [4.69, 9.17) is 5.11 Å². The molecule has 5 nitrogen and oxygen atoms in total. The zero-order chi connectivity index (χ0) is 13.1. The van der Waals surface area contributed by atoms with Crippen molar-refractivity contribution in [1.29, 1.82) is 0 Å². The lowest BCUT2D eigenvalue weighted by molar-refractivity contribution is -0.419. The zero-order valence-corrected chi connectivity index (χ0v) is 9.24. The molecule has 0 atom stereocenters. The summed E-state index contributed by atoms with van der Waals surface area (Å²) < 4.78 is 0. The Hall–Kier alpha value is -2.69. The normalized spacial score (nSPS) is 11.4. The highest BCUT2D eigenvalue weighted by molar-refractivity contribution is 5.96. The topological polar surface area (TPSA) is 80.4 Å². The number of nitrogens with zero attached hydrogens (tertiary/aromatic N) is 1. The van der Waals surface area contributed by atoms with Gasteiger partial charge in [0.25, 0.3) is 0 Å². The van der Waals surface area contributed by atoms with Crippen LogP contribution in [-0.2, 0) is 4.79 Å². The molecule has 0 saturated carbocycles. The number of rotatable bonds is 3. The molecule has 0 aliphatic carbocycles. The lowest BCUT2D eigenvalue weighted by Gasteiger charge is -2.01. The second-order valence-corrected chi connectivity index (χ2v) is 3.66. The number of carboxylic acids is 1. The maximum absolute atomic E-state index is 10.8. The Labute approximate surface area is 102 Å². The quantitative estimate of drug-likeness (QED) is 0.510. The Morgan fingerprint density at radius 3 is 2.50 bits per heavy atom. The predicted octanol–water partition coefficient (Wildman–Crippen LogP) is 2.54. The van der Waals surface area contributed by atoms with E-state index in [-0.39, 0.29) is 0 Å². The van der Waals surface area contributed by atoms with Crippen molar-refractivity contribution in [3.63, 3.8) is 0 Å². The van der Waals surface area contributed by atoms with E-state index in [1.54, 1.807) is 24.3 Å². The maximum atomic E-state index is 10.8. The smallest absolute Gasteiger partial charge is 0.407 e. The van der Waals surface area contributed by atoms with Gasteiger partial charge in [-0.3, -0.25) is 10.1 Å². The Bertz CT molecular complexity index is 640. The average molecular weight is 243 g/mol. The van der Waals surface area contributed by atoms with Crippen molar-refractivity contribution in [2.75, 3.05) is 0 Å². The number of aliphatic carboxylic acids is 1. The molecule has 90 valence electrons. The zero-order valence-electron chi connectivity index (χ0n) is 9.24. The SMILES string of the molecule is O=C(O)C(=Cc1cccc2ccccc12)[N+](=O)[O-]. The number of fused-ring (bicyclic) bond motifs is 1. The fraction of sp³-hybridized carbons (Fsp3) is 0. The molecule has 2 aromatic carbocycles. The van der Waals surface area contributed by atoms with Crippen molar-refractivity contribution < 1.29 is 14.8 Å². The molecule has 0 unspecified atom stereocenters. The number of hydrogen-bond acceptors (Lipinski definition) is 3. The fourth-order valence-corrected chi connectivity index (χ4v) is 1.72. The van der Waals surface area contributed by atoms with Crippen LogP contribution in [0.5, 0.6) is 0 Å². The highest BCUT2D eigenvalue weighted by Gasteiger charge is 2.20. The lowest BCUT2D eigenvalue weighted by atomic mass is 10.0. The van der Waals surface area contributed by atoms with Crippen molar-refractivity contribution in [2.24, 2.45) is 0 Å². The van der Waals surface area contributed by atoms with E-state index in [0.717, 1.165) is 16.8 Å². The molecular formula is C13H9NO4. The number of carboxylic acid groups (broad SMARTS) is 1. The first kappa shape index (κ1) is 11.8. The highest BCUT2D eigenvalue weighted by Crippen LogP contribution is 2.21. The van der Waals surface area contributed by atoms with E-state index < -0.39 is 16.6 Å². The maximum Gasteiger partial charge on any atom is 0.407 e. The van der Waals surface area contributed by atoms with Gasteiger partial charge in [0.2, 0.25) is 0 Å². The molecule has 0 heterocycles. The van der Waals surface area contributed by atoms with E-state index in [2.05, 4.69) is 0 Å². The molecule has 2 aromatic rings. The number of nitro groups is 1. The van der Waals surface area contributed by atoms with Gasteiger partial charge in [-0.1, -0.05) is 42.5 Å². The van der Waals surface area contributed by atoms with Crippen LogP contribution in [0.3, 0.4) is 0 Å². The van der Waals surface area contributed by atoms with Gasteiger partial charge in [0, 0.05) is 6.08 Å². The molecule has 0 aliphatic heterocycles. The van der Waals surface area contributed by atoms with Gasteiger partial charge in [-0.05, 0) is 16.3 Å². The van der Waals surface area contributed by atoms with Gasteiger partial charge >= 0.3 is 11.7 Å². The van der Waals surface area contributed by atoms with Crippen molar-refractivity contribution in [3.8, 4) is 0 Å². The molecule has 0 saturated heterocycles. The Kier molecular flexibility index (Phi) is 3.05. The second kappa shape index (κ2) is 4.67. The minimum atomic E-state index is -1.55. The molecular weight excluding hydrogens is 234 g/mol. The molecule has 0 fully saturated rings.